The van der Waals surface area contributed by atoms with Crippen molar-refractivity contribution in [3.05, 3.63) is 96.6 Å². The van der Waals surface area contributed by atoms with Gasteiger partial charge >= 0.3 is 5.97 Å². The smallest absolute Gasteiger partial charge is 0.333 e. The second-order valence-corrected chi connectivity index (χ2v) is 9.88. The third kappa shape index (κ3) is 5.85. The molecule has 35 heavy (non-hydrogen) atoms. The molecule has 1 N–H and O–H groups in total. The predicted octanol–water partition coefficient (Wildman–Crippen LogP) is 5.46. The molecule has 3 aromatic carbocycles. The molecule has 182 valence electrons. The number of fused-ring (bicyclic) bond motifs is 3. The van der Waals surface area contributed by atoms with Crippen molar-refractivity contribution in [3.8, 4) is 5.75 Å². The van der Waals surface area contributed by atoms with Crippen LogP contribution in [-0.4, -0.2) is 49.3 Å². The molecule has 0 amide bonds. The van der Waals surface area contributed by atoms with Gasteiger partial charge in [0.15, 0.2) is 12.1 Å². The van der Waals surface area contributed by atoms with Crippen LogP contribution in [0.1, 0.15) is 30.9 Å². The number of nitrogens with zero attached hydrogens (tertiary/aromatic N) is 1. The van der Waals surface area contributed by atoms with Crippen molar-refractivity contribution in [3.63, 3.8) is 0 Å². The van der Waals surface area contributed by atoms with Gasteiger partial charge in [-0.15, -0.1) is 0 Å². The number of quaternary nitrogens is 1. The fraction of sp³-hybridized carbons (Fsp3) is 0.367. The van der Waals surface area contributed by atoms with E-state index >= 15 is 0 Å². The van der Waals surface area contributed by atoms with Crippen LogP contribution in [0.25, 0.3) is 0 Å². The van der Waals surface area contributed by atoms with Crippen molar-refractivity contribution in [2.75, 3.05) is 38.1 Å². The van der Waals surface area contributed by atoms with Crippen LogP contribution in [0.2, 0.25) is 0 Å². The number of piperidine rings is 3. The number of hydrogen-bond acceptors (Lipinski definition) is 4. The van der Waals surface area contributed by atoms with E-state index in [0.717, 1.165) is 60.4 Å². The highest BCUT2D eigenvalue weighted by atomic mass is 16.5. The van der Waals surface area contributed by atoms with Gasteiger partial charge in [0.1, 0.15) is 12.3 Å². The lowest BCUT2D eigenvalue weighted by Crippen LogP contribution is -2.64. The summed E-state index contributed by atoms with van der Waals surface area (Å²) in [5.41, 5.74) is 1.83. The van der Waals surface area contributed by atoms with Crippen molar-refractivity contribution in [2.24, 2.45) is 5.92 Å². The number of esters is 1. The van der Waals surface area contributed by atoms with Crippen LogP contribution in [-0.2, 0) is 9.53 Å². The third-order valence-electron chi connectivity index (χ3n) is 7.55. The second-order valence-electron chi connectivity index (χ2n) is 9.88. The van der Waals surface area contributed by atoms with Crippen molar-refractivity contribution < 1.29 is 18.8 Å². The minimum absolute atomic E-state index is 0.0242. The Labute approximate surface area is 208 Å². The highest BCUT2D eigenvalue weighted by Gasteiger charge is 2.47. The highest BCUT2D eigenvalue weighted by Crippen LogP contribution is 2.36. The fourth-order valence-electron chi connectivity index (χ4n) is 5.62. The Morgan fingerprint density at radius 1 is 0.886 bits per heavy atom. The zero-order valence-electron chi connectivity index (χ0n) is 20.2. The van der Waals surface area contributed by atoms with Gasteiger partial charge in [-0.2, -0.15) is 0 Å². The largest absolute Gasteiger partial charge is 0.493 e. The summed E-state index contributed by atoms with van der Waals surface area (Å²) < 4.78 is 13.2. The zero-order valence-corrected chi connectivity index (χ0v) is 20.2. The average molecular weight is 472 g/mol. The lowest BCUT2D eigenvalue weighted by molar-refractivity contribution is -0.946. The Balaban J connectivity index is 1.21. The van der Waals surface area contributed by atoms with Gasteiger partial charge in [-0.25, -0.2) is 4.79 Å². The molecule has 5 heteroatoms. The maximum Gasteiger partial charge on any atom is 0.333 e. The SMILES string of the molecule is O=C(O[C@H]1C[N+]2(CCCOc3ccccc3)CCC1CC2)C(Nc1ccccc1)c1ccccc1. The predicted molar refractivity (Wildman–Crippen MR) is 138 cm³/mol. The molecule has 6 rings (SSSR count). The van der Waals surface area contributed by atoms with Crippen LogP contribution < -0.4 is 10.1 Å². The van der Waals surface area contributed by atoms with Crippen LogP contribution in [0, 0.1) is 5.92 Å². The highest BCUT2D eigenvalue weighted by molar-refractivity contribution is 5.81. The number of nitrogens with one attached hydrogen (secondary N) is 1. The summed E-state index contributed by atoms with van der Waals surface area (Å²) >= 11 is 0. The van der Waals surface area contributed by atoms with Crippen molar-refractivity contribution in [2.45, 2.75) is 31.4 Å². The van der Waals surface area contributed by atoms with E-state index in [2.05, 4.69) is 5.32 Å². The van der Waals surface area contributed by atoms with E-state index in [1.165, 1.54) is 13.1 Å². The summed E-state index contributed by atoms with van der Waals surface area (Å²) in [4.78, 5) is 13.5. The molecule has 2 bridgehead atoms. The minimum Gasteiger partial charge on any atom is -0.493 e. The summed E-state index contributed by atoms with van der Waals surface area (Å²) in [6, 6.07) is 29.2. The van der Waals surface area contributed by atoms with Gasteiger partial charge in [-0.05, 0) is 29.8 Å². The Morgan fingerprint density at radius 2 is 1.51 bits per heavy atom. The van der Waals surface area contributed by atoms with Crippen LogP contribution in [0.15, 0.2) is 91.0 Å². The Kier molecular flexibility index (Phi) is 7.34. The Bertz CT molecular complexity index is 1070. The van der Waals surface area contributed by atoms with Crippen molar-refractivity contribution >= 4 is 11.7 Å². The monoisotopic (exact) mass is 471 g/mol. The first-order valence-corrected chi connectivity index (χ1v) is 12.8. The topological polar surface area (TPSA) is 47.6 Å². The Morgan fingerprint density at radius 3 is 2.20 bits per heavy atom. The molecule has 3 saturated heterocycles. The van der Waals surface area contributed by atoms with Crippen LogP contribution in [0.4, 0.5) is 5.69 Å². The quantitative estimate of drug-likeness (QED) is 0.242. The van der Waals surface area contributed by atoms with Gasteiger partial charge in [0.05, 0.1) is 26.2 Å². The first-order valence-electron chi connectivity index (χ1n) is 12.8. The van der Waals surface area contributed by atoms with Gasteiger partial charge in [-0.3, -0.25) is 0 Å². The third-order valence-corrected chi connectivity index (χ3v) is 7.55. The van der Waals surface area contributed by atoms with E-state index in [-0.39, 0.29) is 12.1 Å². The average Bonchev–Trinajstić information content (AvgIpc) is 2.92. The molecule has 0 radical (unpaired) electrons. The van der Waals surface area contributed by atoms with Crippen LogP contribution in [0.5, 0.6) is 5.75 Å². The standard InChI is InChI=1S/C30H35N2O3/c33-30(29(25-11-4-1-5-12-25)31-26-13-6-2-7-14-26)35-28-23-32(20-17-24(28)18-21-32)19-10-22-34-27-15-8-3-9-16-27/h1-9,11-16,24,28-29,31H,10,17-23H2/q+1/t24?,28-,29?,32?/m0/s1. The number of para-hydroxylation sites is 2. The molecule has 3 aliphatic heterocycles. The number of carbonyl (C=O) groups excluding carboxylic acids is 1. The van der Waals surface area contributed by atoms with Gasteiger partial charge in [-0.1, -0.05) is 66.7 Å². The van der Waals surface area contributed by atoms with Gasteiger partial charge in [0.2, 0.25) is 0 Å². The van der Waals surface area contributed by atoms with E-state index in [0.29, 0.717) is 5.92 Å². The molecule has 2 atom stereocenters. The maximum absolute atomic E-state index is 13.5. The number of hydrogen-bond donors (Lipinski definition) is 1. The number of benzene rings is 3. The lowest BCUT2D eigenvalue weighted by atomic mass is 9.83. The molecule has 3 aromatic rings. The summed E-state index contributed by atoms with van der Waals surface area (Å²) in [5, 5.41) is 3.40. The summed E-state index contributed by atoms with van der Waals surface area (Å²) in [6.07, 6.45) is 3.23. The maximum atomic E-state index is 13.5. The van der Waals surface area contributed by atoms with Gasteiger partial charge < -0.3 is 19.3 Å². The number of ether oxygens (including phenoxy) is 2. The molecule has 5 nitrogen and oxygen atoms in total. The molecule has 0 aliphatic carbocycles. The summed E-state index contributed by atoms with van der Waals surface area (Å²) in [7, 11) is 0. The molecule has 0 saturated carbocycles. The van der Waals surface area contributed by atoms with Gasteiger partial charge in [0, 0.05) is 30.9 Å². The molecule has 1 unspecified atom stereocenters. The van der Waals surface area contributed by atoms with E-state index in [1.54, 1.807) is 0 Å². The molecular formula is C30H35N2O3+. The first-order chi connectivity index (χ1) is 17.2. The summed E-state index contributed by atoms with van der Waals surface area (Å²) in [5.74, 6) is 1.20. The lowest BCUT2D eigenvalue weighted by Gasteiger charge is -2.52. The molecule has 3 heterocycles. The molecule has 0 aromatic heterocycles. The van der Waals surface area contributed by atoms with Crippen LogP contribution >= 0.6 is 0 Å². The molecule has 3 fully saturated rings. The number of rotatable bonds is 10. The van der Waals surface area contributed by atoms with E-state index in [9.17, 15) is 4.79 Å². The second kappa shape index (κ2) is 11.0. The van der Waals surface area contributed by atoms with E-state index in [1.807, 2.05) is 91.0 Å². The molecule has 0 spiro atoms. The van der Waals surface area contributed by atoms with E-state index in [4.69, 9.17) is 9.47 Å². The minimum atomic E-state index is -0.526. The van der Waals surface area contributed by atoms with Crippen molar-refractivity contribution in [1.29, 1.82) is 0 Å². The zero-order chi connectivity index (χ0) is 23.9. The first kappa shape index (κ1) is 23.4. The van der Waals surface area contributed by atoms with Crippen molar-refractivity contribution in [1.82, 2.24) is 0 Å². The molecular weight excluding hydrogens is 436 g/mol. The van der Waals surface area contributed by atoms with E-state index < -0.39 is 6.04 Å². The summed E-state index contributed by atoms with van der Waals surface area (Å²) in [6.45, 7) is 5.05. The van der Waals surface area contributed by atoms with Crippen LogP contribution in [0.3, 0.4) is 0 Å². The number of anilines is 1. The fourth-order valence-corrected chi connectivity index (χ4v) is 5.62. The Hall–Kier alpha value is -3.31. The van der Waals surface area contributed by atoms with Gasteiger partial charge in [0.25, 0.3) is 0 Å². The normalized spacial score (nSPS) is 23.9. The number of carbonyl (C=O) groups is 1. The molecule has 3 aliphatic rings.